The monoisotopic (exact) mass is 285 g/mol. The maximum absolute atomic E-state index is 12.3. The molecule has 0 unspecified atom stereocenters. The second kappa shape index (κ2) is 5.72. The first kappa shape index (κ1) is 13.9. The van der Waals surface area contributed by atoms with Gasteiger partial charge in [0.2, 0.25) is 0 Å². The van der Waals surface area contributed by atoms with Gasteiger partial charge >= 0.3 is 5.97 Å². The Morgan fingerprint density at radius 1 is 1.24 bits per heavy atom. The Balaban J connectivity index is 1.74. The molecule has 4 nitrogen and oxygen atoms in total. The van der Waals surface area contributed by atoms with E-state index in [0.717, 1.165) is 25.7 Å². The van der Waals surface area contributed by atoms with Crippen LogP contribution in [0.2, 0.25) is 0 Å². The van der Waals surface area contributed by atoms with Crippen LogP contribution in [-0.2, 0) is 11.2 Å². The van der Waals surface area contributed by atoms with Gasteiger partial charge in [-0.05, 0) is 48.9 Å². The Bertz CT molecular complexity index is 606. The number of rotatable bonds is 3. The lowest BCUT2D eigenvalue weighted by atomic mass is 9.95. The first-order chi connectivity index (χ1) is 10.1. The van der Waals surface area contributed by atoms with E-state index in [1.807, 2.05) is 18.2 Å². The Morgan fingerprint density at radius 2 is 2.10 bits per heavy atom. The molecule has 1 amide bonds. The van der Waals surface area contributed by atoms with E-state index >= 15 is 0 Å². The van der Waals surface area contributed by atoms with Crippen molar-refractivity contribution in [1.29, 1.82) is 0 Å². The van der Waals surface area contributed by atoms with Crippen LogP contribution in [0.1, 0.15) is 47.2 Å². The van der Waals surface area contributed by atoms with E-state index < -0.39 is 11.9 Å². The molecule has 3 rings (SSSR count). The standard InChI is InChI=1S/C17H19NO3/c19-16(18-15-7-3-6-14(15)17(20)21)13-9-8-11-4-1-2-5-12(11)10-13/h1,4,8-10,14-15H,2-3,5-7H2,(H,18,19)(H,20,21)/t14-,15+/m1/s1. The van der Waals surface area contributed by atoms with Crippen molar-refractivity contribution in [3.63, 3.8) is 0 Å². The van der Waals surface area contributed by atoms with Gasteiger partial charge in [-0.25, -0.2) is 0 Å². The van der Waals surface area contributed by atoms with E-state index in [9.17, 15) is 9.59 Å². The van der Waals surface area contributed by atoms with Gasteiger partial charge in [0.1, 0.15) is 0 Å². The summed E-state index contributed by atoms with van der Waals surface area (Å²) in [4.78, 5) is 23.5. The minimum absolute atomic E-state index is 0.162. The molecule has 0 saturated heterocycles. The number of carboxylic acids is 1. The SMILES string of the molecule is O=C(N[C@H]1CCC[C@H]1C(=O)O)c1ccc2c(c1)CCC=C2. The van der Waals surface area contributed by atoms with Crippen LogP contribution in [0.5, 0.6) is 0 Å². The maximum atomic E-state index is 12.3. The highest BCUT2D eigenvalue weighted by Crippen LogP contribution is 2.26. The highest BCUT2D eigenvalue weighted by Gasteiger charge is 2.34. The fraction of sp³-hybridized carbons (Fsp3) is 0.412. The Morgan fingerprint density at radius 3 is 2.90 bits per heavy atom. The summed E-state index contributed by atoms with van der Waals surface area (Å²) in [5, 5.41) is 12.1. The average molecular weight is 285 g/mol. The summed E-state index contributed by atoms with van der Waals surface area (Å²) >= 11 is 0. The minimum Gasteiger partial charge on any atom is -0.481 e. The maximum Gasteiger partial charge on any atom is 0.308 e. The lowest BCUT2D eigenvalue weighted by Crippen LogP contribution is -2.40. The highest BCUT2D eigenvalue weighted by atomic mass is 16.4. The molecule has 0 aromatic heterocycles. The van der Waals surface area contributed by atoms with Crippen molar-refractivity contribution in [3.05, 3.63) is 41.0 Å². The Hall–Kier alpha value is -2.10. The summed E-state index contributed by atoms with van der Waals surface area (Å²) in [6.45, 7) is 0. The molecule has 0 aliphatic heterocycles. The van der Waals surface area contributed by atoms with Gasteiger partial charge in [-0.2, -0.15) is 0 Å². The van der Waals surface area contributed by atoms with Crippen LogP contribution in [0, 0.1) is 5.92 Å². The summed E-state index contributed by atoms with van der Waals surface area (Å²) in [7, 11) is 0. The lowest BCUT2D eigenvalue weighted by molar-refractivity contribution is -0.142. The molecule has 1 aromatic rings. The zero-order valence-corrected chi connectivity index (χ0v) is 11.8. The molecular weight excluding hydrogens is 266 g/mol. The molecule has 4 heteroatoms. The van der Waals surface area contributed by atoms with Crippen LogP contribution >= 0.6 is 0 Å². The van der Waals surface area contributed by atoms with Gasteiger partial charge in [-0.15, -0.1) is 0 Å². The molecule has 1 aromatic carbocycles. The number of aryl methyl sites for hydroxylation is 1. The fourth-order valence-electron chi connectivity index (χ4n) is 3.26. The van der Waals surface area contributed by atoms with Crippen molar-refractivity contribution >= 4 is 18.0 Å². The summed E-state index contributed by atoms with van der Waals surface area (Å²) in [6.07, 6.45) is 8.43. The molecule has 2 N–H and O–H groups in total. The van der Waals surface area contributed by atoms with E-state index in [-0.39, 0.29) is 11.9 Å². The largest absolute Gasteiger partial charge is 0.481 e. The van der Waals surface area contributed by atoms with Crippen LogP contribution in [-0.4, -0.2) is 23.0 Å². The van der Waals surface area contributed by atoms with Gasteiger partial charge in [-0.3, -0.25) is 9.59 Å². The normalized spacial score (nSPS) is 23.6. The first-order valence-electron chi connectivity index (χ1n) is 7.48. The topological polar surface area (TPSA) is 66.4 Å². The molecule has 0 radical (unpaired) electrons. The second-order valence-electron chi connectivity index (χ2n) is 5.81. The van der Waals surface area contributed by atoms with Gasteiger partial charge in [0.05, 0.1) is 5.92 Å². The van der Waals surface area contributed by atoms with Gasteiger partial charge in [0.25, 0.3) is 5.91 Å². The number of hydrogen-bond donors (Lipinski definition) is 2. The molecule has 110 valence electrons. The van der Waals surface area contributed by atoms with Gasteiger partial charge in [0.15, 0.2) is 0 Å². The van der Waals surface area contributed by atoms with E-state index in [2.05, 4.69) is 17.5 Å². The number of hydrogen-bond acceptors (Lipinski definition) is 2. The molecule has 21 heavy (non-hydrogen) atoms. The number of benzene rings is 1. The van der Waals surface area contributed by atoms with E-state index in [4.69, 9.17) is 5.11 Å². The van der Waals surface area contributed by atoms with Gasteiger partial charge in [0, 0.05) is 11.6 Å². The molecule has 0 spiro atoms. The summed E-state index contributed by atoms with van der Waals surface area (Å²) in [6, 6.07) is 5.46. The van der Waals surface area contributed by atoms with Crippen molar-refractivity contribution < 1.29 is 14.7 Å². The smallest absolute Gasteiger partial charge is 0.308 e. The molecule has 1 saturated carbocycles. The number of carboxylic acid groups (broad SMARTS) is 1. The van der Waals surface area contributed by atoms with Crippen molar-refractivity contribution in [2.45, 2.75) is 38.1 Å². The van der Waals surface area contributed by atoms with Crippen LogP contribution in [0.15, 0.2) is 24.3 Å². The molecule has 2 aliphatic carbocycles. The van der Waals surface area contributed by atoms with Crippen LogP contribution in [0.4, 0.5) is 0 Å². The predicted molar refractivity (Wildman–Crippen MR) is 80.0 cm³/mol. The first-order valence-corrected chi connectivity index (χ1v) is 7.48. The van der Waals surface area contributed by atoms with Crippen LogP contribution in [0.25, 0.3) is 6.08 Å². The lowest BCUT2D eigenvalue weighted by Gasteiger charge is -2.18. The molecule has 0 bridgehead atoms. The number of carbonyl (C=O) groups is 2. The van der Waals surface area contributed by atoms with Crippen molar-refractivity contribution in [2.75, 3.05) is 0 Å². The van der Waals surface area contributed by atoms with E-state index in [1.54, 1.807) is 0 Å². The summed E-state index contributed by atoms with van der Waals surface area (Å²) in [5.74, 6) is -1.42. The zero-order valence-electron chi connectivity index (χ0n) is 11.8. The van der Waals surface area contributed by atoms with E-state index in [0.29, 0.717) is 12.0 Å². The van der Waals surface area contributed by atoms with Gasteiger partial charge < -0.3 is 10.4 Å². The molecule has 2 aliphatic rings. The molecular formula is C17H19NO3. The number of allylic oxidation sites excluding steroid dienone is 1. The quantitative estimate of drug-likeness (QED) is 0.897. The third-order valence-electron chi connectivity index (χ3n) is 4.43. The van der Waals surface area contributed by atoms with Crippen molar-refractivity contribution in [1.82, 2.24) is 5.32 Å². The zero-order chi connectivity index (χ0) is 14.8. The predicted octanol–water partition coefficient (Wildman–Crippen LogP) is 2.63. The third-order valence-corrected chi connectivity index (χ3v) is 4.43. The molecule has 1 fully saturated rings. The van der Waals surface area contributed by atoms with Crippen molar-refractivity contribution in [2.24, 2.45) is 5.92 Å². The second-order valence-corrected chi connectivity index (χ2v) is 5.81. The Labute approximate surface area is 123 Å². The summed E-state index contributed by atoms with van der Waals surface area (Å²) < 4.78 is 0. The molecule has 2 atom stereocenters. The Kier molecular flexibility index (Phi) is 3.78. The fourth-order valence-corrected chi connectivity index (χ4v) is 3.26. The van der Waals surface area contributed by atoms with Crippen molar-refractivity contribution in [3.8, 4) is 0 Å². The molecule has 0 heterocycles. The number of fused-ring (bicyclic) bond motifs is 1. The summed E-state index contributed by atoms with van der Waals surface area (Å²) in [5.41, 5.74) is 2.98. The number of nitrogens with one attached hydrogen (secondary N) is 1. The minimum atomic E-state index is -0.812. The average Bonchev–Trinajstić information content (AvgIpc) is 2.95. The van der Waals surface area contributed by atoms with Crippen LogP contribution < -0.4 is 5.32 Å². The van der Waals surface area contributed by atoms with Gasteiger partial charge in [-0.1, -0.05) is 24.6 Å². The highest BCUT2D eigenvalue weighted by molar-refractivity contribution is 5.95. The number of aliphatic carboxylic acids is 1. The third kappa shape index (κ3) is 2.84. The van der Waals surface area contributed by atoms with E-state index in [1.165, 1.54) is 11.1 Å². The number of carbonyl (C=O) groups excluding carboxylic acids is 1. The number of amides is 1. The van der Waals surface area contributed by atoms with Crippen LogP contribution in [0.3, 0.4) is 0 Å².